The Kier molecular flexibility index (Phi) is 2.29. The van der Waals surface area contributed by atoms with Crippen LogP contribution in [0.25, 0.3) is 0 Å². The Labute approximate surface area is 87.3 Å². The molecule has 3 rings (SSSR count). The molecular weight excluding hydrogens is 172 g/mol. The van der Waals surface area contributed by atoms with Gasteiger partial charge in [0.05, 0.1) is 0 Å². The van der Waals surface area contributed by atoms with Crippen molar-refractivity contribution in [2.75, 3.05) is 33.2 Å². The van der Waals surface area contributed by atoms with Crippen LogP contribution in [0.15, 0.2) is 0 Å². The molecule has 3 fully saturated rings. The van der Waals surface area contributed by atoms with Crippen molar-refractivity contribution in [1.82, 2.24) is 9.80 Å². The van der Waals surface area contributed by atoms with Crippen LogP contribution in [0.2, 0.25) is 0 Å². The summed E-state index contributed by atoms with van der Waals surface area (Å²) in [6.45, 7) is 5.49. The van der Waals surface area contributed by atoms with Crippen molar-refractivity contribution in [3.05, 3.63) is 0 Å². The SMILES string of the molecule is CN1CC2C[C@H](C1)CN1CCCCC21. The Morgan fingerprint density at radius 2 is 2.00 bits per heavy atom. The van der Waals surface area contributed by atoms with E-state index in [0.29, 0.717) is 0 Å². The predicted octanol–water partition coefficient (Wildman–Crippen LogP) is 1.42. The van der Waals surface area contributed by atoms with Crippen molar-refractivity contribution in [3.63, 3.8) is 0 Å². The second-order valence-electron chi connectivity index (χ2n) is 5.64. The zero-order valence-electron chi connectivity index (χ0n) is 9.28. The van der Waals surface area contributed by atoms with Crippen molar-refractivity contribution in [3.8, 4) is 0 Å². The molecule has 3 saturated heterocycles. The van der Waals surface area contributed by atoms with E-state index in [2.05, 4.69) is 16.8 Å². The molecular formula is C12H22N2. The summed E-state index contributed by atoms with van der Waals surface area (Å²) < 4.78 is 0. The standard InChI is InChI=1S/C12H22N2/c1-13-7-10-6-11(9-13)12-4-2-3-5-14(12)8-10/h10-12H,2-9H2,1H3/t10-,11?,12?/m1/s1. The van der Waals surface area contributed by atoms with Gasteiger partial charge in [0.25, 0.3) is 0 Å². The maximum Gasteiger partial charge on any atom is 0.0136 e. The lowest BCUT2D eigenvalue weighted by atomic mass is 9.76. The van der Waals surface area contributed by atoms with E-state index >= 15 is 0 Å². The molecule has 0 aromatic heterocycles. The number of piperidine rings is 3. The molecule has 0 aromatic carbocycles. The number of rotatable bonds is 0. The van der Waals surface area contributed by atoms with Crippen LogP contribution in [0.3, 0.4) is 0 Å². The summed E-state index contributed by atoms with van der Waals surface area (Å²) in [5, 5.41) is 0. The molecule has 0 saturated carbocycles. The fourth-order valence-corrected chi connectivity index (χ4v) is 4.01. The normalized spacial score (nSPS) is 44.8. The smallest absolute Gasteiger partial charge is 0.0136 e. The van der Waals surface area contributed by atoms with Crippen molar-refractivity contribution < 1.29 is 0 Å². The van der Waals surface area contributed by atoms with Gasteiger partial charge in [-0.1, -0.05) is 6.42 Å². The third-order valence-corrected chi connectivity index (χ3v) is 4.45. The van der Waals surface area contributed by atoms with E-state index in [1.54, 1.807) is 0 Å². The van der Waals surface area contributed by atoms with Crippen LogP contribution in [0.4, 0.5) is 0 Å². The van der Waals surface area contributed by atoms with Gasteiger partial charge in [0.2, 0.25) is 0 Å². The fraction of sp³-hybridized carbons (Fsp3) is 1.00. The van der Waals surface area contributed by atoms with Gasteiger partial charge in [0.15, 0.2) is 0 Å². The number of nitrogens with zero attached hydrogens (tertiary/aromatic N) is 2. The maximum absolute atomic E-state index is 2.80. The summed E-state index contributed by atoms with van der Waals surface area (Å²) in [6, 6.07) is 0.947. The van der Waals surface area contributed by atoms with Gasteiger partial charge in [0, 0.05) is 25.7 Å². The maximum atomic E-state index is 2.80. The molecule has 3 heterocycles. The molecule has 3 aliphatic heterocycles. The van der Waals surface area contributed by atoms with Gasteiger partial charge in [-0.05, 0) is 44.7 Å². The lowest BCUT2D eigenvalue weighted by molar-refractivity contribution is -0.0231. The molecule has 0 N–H and O–H groups in total. The van der Waals surface area contributed by atoms with Crippen molar-refractivity contribution >= 4 is 0 Å². The Bertz CT molecular complexity index is 214. The first-order chi connectivity index (χ1) is 6.83. The highest BCUT2D eigenvalue weighted by atomic mass is 15.2. The minimum absolute atomic E-state index is 0.947. The van der Waals surface area contributed by atoms with Crippen molar-refractivity contribution in [2.45, 2.75) is 31.7 Å². The third-order valence-electron chi connectivity index (χ3n) is 4.45. The summed E-state index contributed by atoms with van der Waals surface area (Å²) in [4.78, 5) is 5.36. The Morgan fingerprint density at radius 3 is 2.93 bits per heavy atom. The van der Waals surface area contributed by atoms with Crippen LogP contribution in [-0.2, 0) is 0 Å². The van der Waals surface area contributed by atoms with Gasteiger partial charge < -0.3 is 4.90 Å². The molecule has 2 nitrogen and oxygen atoms in total. The average Bonchev–Trinajstić information content (AvgIpc) is 2.17. The van der Waals surface area contributed by atoms with Crippen LogP contribution in [0.5, 0.6) is 0 Å². The van der Waals surface area contributed by atoms with Crippen molar-refractivity contribution in [1.29, 1.82) is 0 Å². The minimum Gasteiger partial charge on any atom is -0.306 e. The minimum atomic E-state index is 0.947. The van der Waals surface area contributed by atoms with E-state index in [0.717, 1.165) is 17.9 Å². The highest BCUT2D eigenvalue weighted by molar-refractivity contribution is 4.94. The third kappa shape index (κ3) is 1.49. The molecule has 2 unspecified atom stereocenters. The highest BCUT2D eigenvalue weighted by Crippen LogP contribution is 2.36. The molecule has 0 aromatic rings. The number of likely N-dealkylation sites (tertiary alicyclic amines) is 1. The van der Waals surface area contributed by atoms with Crippen LogP contribution in [-0.4, -0.2) is 49.1 Å². The van der Waals surface area contributed by atoms with Gasteiger partial charge in [0.1, 0.15) is 0 Å². The van der Waals surface area contributed by atoms with Gasteiger partial charge in [-0.25, -0.2) is 0 Å². The first-order valence-corrected chi connectivity index (χ1v) is 6.25. The first-order valence-electron chi connectivity index (χ1n) is 6.25. The topological polar surface area (TPSA) is 6.48 Å². The van der Waals surface area contributed by atoms with Gasteiger partial charge in [-0.15, -0.1) is 0 Å². The largest absolute Gasteiger partial charge is 0.306 e. The molecule has 0 radical (unpaired) electrons. The van der Waals surface area contributed by atoms with Gasteiger partial charge >= 0.3 is 0 Å². The summed E-state index contributed by atoms with van der Waals surface area (Å²) in [7, 11) is 2.30. The van der Waals surface area contributed by atoms with E-state index < -0.39 is 0 Å². The quantitative estimate of drug-likeness (QED) is 0.575. The molecule has 0 aliphatic carbocycles. The molecule has 3 atom stereocenters. The van der Waals surface area contributed by atoms with E-state index in [9.17, 15) is 0 Å². The number of fused-ring (bicyclic) bond motifs is 4. The van der Waals surface area contributed by atoms with Gasteiger partial charge in [-0.3, -0.25) is 4.90 Å². The molecule has 80 valence electrons. The van der Waals surface area contributed by atoms with Crippen LogP contribution in [0, 0.1) is 11.8 Å². The van der Waals surface area contributed by atoms with E-state index in [-0.39, 0.29) is 0 Å². The van der Waals surface area contributed by atoms with Crippen molar-refractivity contribution in [2.24, 2.45) is 11.8 Å². The zero-order chi connectivity index (χ0) is 9.54. The molecule has 0 spiro atoms. The Hall–Kier alpha value is -0.0800. The second-order valence-corrected chi connectivity index (χ2v) is 5.64. The lowest BCUT2D eigenvalue weighted by Crippen LogP contribution is -2.58. The average molecular weight is 194 g/mol. The lowest BCUT2D eigenvalue weighted by Gasteiger charge is -2.52. The number of hydrogen-bond acceptors (Lipinski definition) is 2. The first kappa shape index (κ1) is 9.17. The number of hydrogen-bond donors (Lipinski definition) is 0. The van der Waals surface area contributed by atoms with Crippen LogP contribution < -0.4 is 0 Å². The fourth-order valence-electron chi connectivity index (χ4n) is 4.01. The van der Waals surface area contributed by atoms with Crippen LogP contribution >= 0.6 is 0 Å². The predicted molar refractivity (Wildman–Crippen MR) is 58.3 cm³/mol. The summed E-state index contributed by atoms with van der Waals surface area (Å²) in [6.07, 6.45) is 5.93. The monoisotopic (exact) mass is 194 g/mol. The Balaban J connectivity index is 1.76. The summed E-state index contributed by atoms with van der Waals surface area (Å²) >= 11 is 0. The summed E-state index contributed by atoms with van der Waals surface area (Å²) in [5.74, 6) is 1.97. The van der Waals surface area contributed by atoms with E-state index in [1.807, 2.05) is 0 Å². The molecule has 2 bridgehead atoms. The highest BCUT2D eigenvalue weighted by Gasteiger charge is 2.40. The Morgan fingerprint density at radius 1 is 1.07 bits per heavy atom. The molecule has 14 heavy (non-hydrogen) atoms. The van der Waals surface area contributed by atoms with E-state index in [4.69, 9.17) is 0 Å². The molecule has 2 heteroatoms. The second kappa shape index (κ2) is 3.49. The van der Waals surface area contributed by atoms with Crippen LogP contribution in [0.1, 0.15) is 25.7 Å². The van der Waals surface area contributed by atoms with Gasteiger partial charge in [-0.2, -0.15) is 0 Å². The van der Waals surface area contributed by atoms with E-state index in [1.165, 1.54) is 51.9 Å². The molecule has 0 amide bonds. The zero-order valence-corrected chi connectivity index (χ0v) is 9.28. The molecule has 3 aliphatic rings. The summed E-state index contributed by atoms with van der Waals surface area (Å²) in [5.41, 5.74) is 0.